The Morgan fingerprint density at radius 1 is 1.15 bits per heavy atom. The van der Waals surface area contributed by atoms with Crippen LogP contribution < -0.4 is 9.47 Å². The molecular weight excluding hydrogens is 344 g/mol. The van der Waals surface area contributed by atoms with E-state index in [1.54, 1.807) is 4.90 Å². The Hall–Kier alpha value is -2.24. The molecule has 2 amide bonds. The predicted octanol–water partition coefficient (Wildman–Crippen LogP) is 3.19. The van der Waals surface area contributed by atoms with Crippen molar-refractivity contribution in [3.8, 4) is 11.5 Å². The van der Waals surface area contributed by atoms with Crippen molar-refractivity contribution in [2.24, 2.45) is 5.92 Å². The Morgan fingerprint density at radius 3 is 2.56 bits per heavy atom. The second-order valence-electron chi connectivity index (χ2n) is 7.40. The molecule has 1 atom stereocenters. The number of carbonyl (C=O) groups is 2. The molecule has 0 bridgehead atoms. The summed E-state index contributed by atoms with van der Waals surface area (Å²) >= 11 is 0. The minimum absolute atomic E-state index is 0.0527. The largest absolute Gasteiger partial charge is 0.454 e. The van der Waals surface area contributed by atoms with Crippen LogP contribution in [0.25, 0.3) is 0 Å². The molecule has 0 aliphatic carbocycles. The summed E-state index contributed by atoms with van der Waals surface area (Å²) in [6, 6.07) is 5.74. The number of rotatable bonds is 9. The van der Waals surface area contributed by atoms with Gasteiger partial charge in [0, 0.05) is 32.6 Å². The monoisotopic (exact) mass is 374 g/mol. The second-order valence-corrected chi connectivity index (χ2v) is 7.40. The topological polar surface area (TPSA) is 59.1 Å². The van der Waals surface area contributed by atoms with Gasteiger partial charge in [0.15, 0.2) is 11.5 Å². The van der Waals surface area contributed by atoms with Crippen LogP contribution >= 0.6 is 0 Å². The first-order valence-electron chi connectivity index (χ1n) is 10.1. The van der Waals surface area contributed by atoms with E-state index in [9.17, 15) is 9.59 Å². The van der Waals surface area contributed by atoms with Crippen LogP contribution in [0, 0.1) is 5.92 Å². The fourth-order valence-corrected chi connectivity index (χ4v) is 3.64. The Morgan fingerprint density at radius 2 is 1.85 bits per heavy atom. The number of benzene rings is 1. The fourth-order valence-electron chi connectivity index (χ4n) is 3.64. The highest BCUT2D eigenvalue weighted by molar-refractivity contribution is 5.89. The van der Waals surface area contributed by atoms with Crippen molar-refractivity contribution < 1.29 is 19.1 Å². The van der Waals surface area contributed by atoms with E-state index < -0.39 is 0 Å². The summed E-state index contributed by atoms with van der Waals surface area (Å²) < 4.78 is 10.7. The fraction of sp³-hybridized carbons (Fsp3) is 0.619. The zero-order valence-corrected chi connectivity index (χ0v) is 16.4. The molecule has 1 fully saturated rings. The number of nitrogens with zero attached hydrogens (tertiary/aromatic N) is 2. The smallest absolute Gasteiger partial charge is 0.231 e. The molecule has 0 aromatic heterocycles. The van der Waals surface area contributed by atoms with Gasteiger partial charge in [-0.15, -0.1) is 0 Å². The highest BCUT2D eigenvalue weighted by Crippen LogP contribution is 2.33. The summed E-state index contributed by atoms with van der Waals surface area (Å²) in [5, 5.41) is 0. The molecule has 0 N–H and O–H groups in total. The number of fused-ring (bicyclic) bond motifs is 1. The number of hydrogen-bond acceptors (Lipinski definition) is 4. The zero-order valence-electron chi connectivity index (χ0n) is 16.4. The van der Waals surface area contributed by atoms with Crippen LogP contribution in [0.5, 0.6) is 11.5 Å². The lowest BCUT2D eigenvalue weighted by molar-refractivity contribution is -0.136. The van der Waals surface area contributed by atoms with E-state index in [4.69, 9.17) is 9.47 Å². The number of ether oxygens (including phenoxy) is 2. The molecule has 2 aliphatic rings. The molecule has 1 aromatic rings. The van der Waals surface area contributed by atoms with Gasteiger partial charge >= 0.3 is 0 Å². The molecule has 148 valence electrons. The minimum atomic E-state index is -0.222. The van der Waals surface area contributed by atoms with Gasteiger partial charge in [0.2, 0.25) is 18.6 Å². The molecule has 1 unspecified atom stereocenters. The van der Waals surface area contributed by atoms with E-state index >= 15 is 0 Å². The molecular formula is C21H30N2O4. The maximum atomic E-state index is 13.0. The van der Waals surface area contributed by atoms with Crippen LogP contribution in [-0.4, -0.2) is 48.0 Å². The summed E-state index contributed by atoms with van der Waals surface area (Å²) in [7, 11) is 0. The van der Waals surface area contributed by atoms with E-state index in [1.807, 2.05) is 23.1 Å². The number of hydrogen-bond donors (Lipinski definition) is 0. The van der Waals surface area contributed by atoms with Crippen molar-refractivity contribution >= 4 is 11.8 Å². The lowest BCUT2D eigenvalue weighted by atomic mass is 10.1. The first kappa shape index (κ1) is 19.5. The maximum absolute atomic E-state index is 13.0. The summed E-state index contributed by atoms with van der Waals surface area (Å²) in [5.74, 6) is 1.43. The van der Waals surface area contributed by atoms with Gasteiger partial charge in [0.05, 0.1) is 5.92 Å². The first-order valence-corrected chi connectivity index (χ1v) is 10.1. The zero-order chi connectivity index (χ0) is 19.2. The van der Waals surface area contributed by atoms with Gasteiger partial charge in [-0.3, -0.25) is 9.59 Å². The maximum Gasteiger partial charge on any atom is 0.231 e. The second kappa shape index (κ2) is 9.11. The van der Waals surface area contributed by atoms with E-state index in [0.29, 0.717) is 19.5 Å². The van der Waals surface area contributed by atoms with Crippen LogP contribution in [0.3, 0.4) is 0 Å². The Labute approximate surface area is 161 Å². The van der Waals surface area contributed by atoms with Gasteiger partial charge in [-0.1, -0.05) is 32.8 Å². The molecule has 2 aliphatic heterocycles. The average molecular weight is 374 g/mol. The van der Waals surface area contributed by atoms with Crippen molar-refractivity contribution in [2.45, 2.75) is 52.5 Å². The first-order chi connectivity index (χ1) is 13.1. The van der Waals surface area contributed by atoms with Crippen LogP contribution in [0.15, 0.2) is 18.2 Å². The lowest BCUT2D eigenvalue weighted by Gasteiger charge is -2.25. The molecule has 1 aromatic carbocycles. The summed E-state index contributed by atoms with van der Waals surface area (Å²) in [6.07, 6.45) is 4.47. The SMILES string of the molecule is CCCCN(CCCC)C(=O)C1CC(=O)N(Cc2ccc3c(c2)OCO3)C1. The summed E-state index contributed by atoms with van der Waals surface area (Å²) in [6.45, 7) is 7.10. The van der Waals surface area contributed by atoms with Crippen LogP contribution in [-0.2, 0) is 16.1 Å². The third kappa shape index (κ3) is 4.73. The molecule has 27 heavy (non-hydrogen) atoms. The van der Waals surface area contributed by atoms with Crippen LogP contribution in [0.1, 0.15) is 51.5 Å². The van der Waals surface area contributed by atoms with Crippen molar-refractivity contribution in [1.29, 1.82) is 0 Å². The Balaban J connectivity index is 1.60. The highest BCUT2D eigenvalue weighted by Gasteiger charge is 2.36. The van der Waals surface area contributed by atoms with Crippen molar-refractivity contribution in [2.75, 3.05) is 26.4 Å². The van der Waals surface area contributed by atoms with Gasteiger partial charge in [0.25, 0.3) is 0 Å². The van der Waals surface area contributed by atoms with E-state index in [2.05, 4.69) is 13.8 Å². The van der Waals surface area contributed by atoms with Gasteiger partial charge in [-0.25, -0.2) is 0 Å². The van der Waals surface area contributed by atoms with Gasteiger partial charge in [0.1, 0.15) is 0 Å². The average Bonchev–Trinajstić information content (AvgIpc) is 3.28. The number of amides is 2. The molecule has 3 rings (SSSR count). The summed E-state index contributed by atoms with van der Waals surface area (Å²) in [5.41, 5.74) is 0.995. The Kier molecular flexibility index (Phi) is 6.58. The molecule has 1 saturated heterocycles. The Bertz CT molecular complexity index is 668. The predicted molar refractivity (Wildman–Crippen MR) is 102 cm³/mol. The number of unbranched alkanes of at least 4 members (excludes halogenated alkanes) is 2. The van der Waals surface area contributed by atoms with Gasteiger partial charge in [-0.2, -0.15) is 0 Å². The van der Waals surface area contributed by atoms with E-state index in [1.165, 1.54) is 0 Å². The van der Waals surface area contributed by atoms with Crippen molar-refractivity contribution in [3.63, 3.8) is 0 Å². The standard InChI is InChI=1S/C21H30N2O4/c1-3-5-9-22(10-6-4-2)21(25)17-12-20(24)23(14-17)13-16-7-8-18-19(11-16)27-15-26-18/h7-8,11,17H,3-6,9-10,12-15H2,1-2H3. The van der Waals surface area contributed by atoms with E-state index in [-0.39, 0.29) is 24.5 Å². The van der Waals surface area contributed by atoms with Gasteiger partial charge < -0.3 is 19.3 Å². The number of carbonyl (C=O) groups excluding carboxylic acids is 2. The third-order valence-electron chi connectivity index (χ3n) is 5.25. The molecule has 0 saturated carbocycles. The van der Waals surface area contributed by atoms with Crippen molar-refractivity contribution in [3.05, 3.63) is 23.8 Å². The molecule has 6 nitrogen and oxygen atoms in total. The summed E-state index contributed by atoms with van der Waals surface area (Å²) in [4.78, 5) is 29.2. The normalized spacial score (nSPS) is 18.2. The van der Waals surface area contributed by atoms with Crippen LogP contribution in [0.2, 0.25) is 0 Å². The quantitative estimate of drug-likeness (QED) is 0.666. The molecule has 0 radical (unpaired) electrons. The molecule has 2 heterocycles. The van der Waals surface area contributed by atoms with Crippen molar-refractivity contribution in [1.82, 2.24) is 9.80 Å². The highest BCUT2D eigenvalue weighted by atomic mass is 16.7. The minimum Gasteiger partial charge on any atom is -0.454 e. The van der Waals surface area contributed by atoms with E-state index in [0.717, 1.165) is 55.8 Å². The number of likely N-dealkylation sites (tertiary alicyclic amines) is 1. The van der Waals surface area contributed by atoms with Gasteiger partial charge in [-0.05, 0) is 30.5 Å². The lowest BCUT2D eigenvalue weighted by Crippen LogP contribution is -2.38. The molecule has 6 heteroatoms. The molecule has 0 spiro atoms. The third-order valence-corrected chi connectivity index (χ3v) is 5.25. The van der Waals surface area contributed by atoms with Crippen LogP contribution in [0.4, 0.5) is 0 Å².